The molecule has 1 amide bonds. The van der Waals surface area contributed by atoms with E-state index in [2.05, 4.69) is 19.5 Å². The van der Waals surface area contributed by atoms with Crippen LogP contribution < -0.4 is 0 Å². The van der Waals surface area contributed by atoms with Gasteiger partial charge >= 0.3 is 0 Å². The molecule has 4 aromatic rings. The van der Waals surface area contributed by atoms with Crippen molar-refractivity contribution >= 4 is 39.6 Å². The van der Waals surface area contributed by atoms with Crippen LogP contribution in [-0.2, 0) is 0 Å². The maximum Gasteiger partial charge on any atom is 0.270 e. The van der Waals surface area contributed by atoms with Gasteiger partial charge in [0.25, 0.3) is 5.91 Å². The maximum atomic E-state index is 13.0. The standard InChI is InChI=1S/C20H18ClN5O/c1-12-23-17-3-2-7-22-19(17)26(12)15-6-8-25(11-15)20(27)18-10-13-9-14(21)4-5-16(13)24-18/h2-5,7,9-10,15,24H,6,8,11H2,1H3/t15-/m1/s1. The fourth-order valence-electron chi connectivity index (χ4n) is 4.01. The van der Waals surface area contributed by atoms with Gasteiger partial charge in [0, 0.05) is 35.2 Å². The first kappa shape index (κ1) is 16.3. The smallest absolute Gasteiger partial charge is 0.270 e. The molecular formula is C20H18ClN5O. The van der Waals surface area contributed by atoms with E-state index in [4.69, 9.17) is 11.6 Å². The number of H-pyrrole nitrogens is 1. The van der Waals surface area contributed by atoms with Gasteiger partial charge in [0.2, 0.25) is 0 Å². The number of aryl methyl sites for hydroxylation is 1. The molecule has 1 aliphatic heterocycles. The lowest BCUT2D eigenvalue weighted by Gasteiger charge is -2.17. The first-order chi connectivity index (χ1) is 13.1. The number of hydrogen-bond donors (Lipinski definition) is 1. The highest BCUT2D eigenvalue weighted by Gasteiger charge is 2.30. The van der Waals surface area contributed by atoms with E-state index in [-0.39, 0.29) is 11.9 Å². The molecule has 1 saturated heterocycles. The average molecular weight is 380 g/mol. The number of amides is 1. The molecular weight excluding hydrogens is 362 g/mol. The molecule has 4 heterocycles. The fourth-order valence-corrected chi connectivity index (χ4v) is 4.19. The quantitative estimate of drug-likeness (QED) is 0.573. The van der Waals surface area contributed by atoms with Crippen LogP contribution in [-0.4, -0.2) is 43.4 Å². The average Bonchev–Trinajstić information content (AvgIpc) is 3.36. The SMILES string of the molecule is Cc1nc2cccnc2n1[C@@H]1CCN(C(=O)c2cc3cc(Cl)ccc3[nH]2)C1. The monoisotopic (exact) mass is 379 g/mol. The Morgan fingerprint density at radius 3 is 3.07 bits per heavy atom. The van der Waals surface area contributed by atoms with Gasteiger partial charge in [-0.15, -0.1) is 0 Å². The van der Waals surface area contributed by atoms with Gasteiger partial charge in [-0.05, 0) is 49.7 Å². The lowest BCUT2D eigenvalue weighted by Crippen LogP contribution is -2.29. The van der Waals surface area contributed by atoms with E-state index in [1.807, 2.05) is 48.2 Å². The molecule has 0 radical (unpaired) electrons. The molecule has 1 fully saturated rings. The van der Waals surface area contributed by atoms with E-state index in [0.29, 0.717) is 23.8 Å². The molecule has 6 nitrogen and oxygen atoms in total. The van der Waals surface area contributed by atoms with Crippen LogP contribution in [0.15, 0.2) is 42.6 Å². The number of likely N-dealkylation sites (tertiary alicyclic amines) is 1. The molecule has 0 saturated carbocycles. The second kappa shape index (κ2) is 6.09. The number of benzene rings is 1. The molecule has 0 bridgehead atoms. The zero-order chi connectivity index (χ0) is 18.5. The molecule has 1 atom stereocenters. The van der Waals surface area contributed by atoms with E-state index in [9.17, 15) is 4.79 Å². The number of rotatable bonds is 2. The van der Waals surface area contributed by atoms with Crippen molar-refractivity contribution in [2.24, 2.45) is 0 Å². The Hall–Kier alpha value is -2.86. The van der Waals surface area contributed by atoms with Crippen molar-refractivity contribution < 1.29 is 4.79 Å². The number of nitrogens with one attached hydrogen (secondary N) is 1. The van der Waals surface area contributed by atoms with Crippen molar-refractivity contribution in [2.45, 2.75) is 19.4 Å². The summed E-state index contributed by atoms with van der Waals surface area (Å²) >= 11 is 6.05. The Morgan fingerprint density at radius 2 is 2.19 bits per heavy atom. The number of carbonyl (C=O) groups is 1. The van der Waals surface area contributed by atoms with Crippen molar-refractivity contribution in [2.75, 3.05) is 13.1 Å². The third-order valence-electron chi connectivity index (χ3n) is 5.25. The van der Waals surface area contributed by atoms with Crippen molar-refractivity contribution in [1.82, 2.24) is 24.4 Å². The highest BCUT2D eigenvalue weighted by molar-refractivity contribution is 6.31. The van der Waals surface area contributed by atoms with Crippen molar-refractivity contribution in [1.29, 1.82) is 0 Å². The topological polar surface area (TPSA) is 66.8 Å². The number of halogens is 1. The van der Waals surface area contributed by atoms with Crippen LogP contribution in [0.3, 0.4) is 0 Å². The molecule has 1 N–H and O–H groups in total. The Bertz CT molecular complexity index is 1180. The molecule has 1 aliphatic rings. The molecule has 0 unspecified atom stereocenters. The minimum absolute atomic E-state index is 0.0138. The lowest BCUT2D eigenvalue weighted by molar-refractivity contribution is 0.0783. The highest BCUT2D eigenvalue weighted by atomic mass is 35.5. The van der Waals surface area contributed by atoms with Crippen molar-refractivity contribution in [3.05, 3.63) is 59.1 Å². The van der Waals surface area contributed by atoms with Gasteiger partial charge < -0.3 is 14.5 Å². The summed E-state index contributed by atoms with van der Waals surface area (Å²) in [5.41, 5.74) is 3.29. The number of hydrogen-bond acceptors (Lipinski definition) is 3. The molecule has 7 heteroatoms. The summed E-state index contributed by atoms with van der Waals surface area (Å²) in [4.78, 5) is 27.2. The number of imidazole rings is 1. The Morgan fingerprint density at radius 1 is 1.30 bits per heavy atom. The molecule has 3 aromatic heterocycles. The van der Waals surface area contributed by atoms with E-state index in [1.165, 1.54) is 0 Å². The van der Waals surface area contributed by atoms with Crippen LogP contribution in [0.2, 0.25) is 5.02 Å². The summed E-state index contributed by atoms with van der Waals surface area (Å²) in [6.45, 7) is 3.36. The van der Waals surface area contributed by atoms with Crippen LogP contribution in [0.25, 0.3) is 22.1 Å². The van der Waals surface area contributed by atoms with Gasteiger partial charge in [-0.1, -0.05) is 11.6 Å². The fraction of sp³-hybridized carbons (Fsp3) is 0.250. The predicted molar refractivity (Wildman–Crippen MR) is 105 cm³/mol. The van der Waals surface area contributed by atoms with E-state index < -0.39 is 0 Å². The van der Waals surface area contributed by atoms with Gasteiger partial charge in [0.1, 0.15) is 17.0 Å². The highest BCUT2D eigenvalue weighted by Crippen LogP contribution is 2.28. The maximum absolute atomic E-state index is 13.0. The summed E-state index contributed by atoms with van der Waals surface area (Å²) in [6.07, 6.45) is 2.67. The van der Waals surface area contributed by atoms with Crippen LogP contribution >= 0.6 is 11.6 Å². The summed E-state index contributed by atoms with van der Waals surface area (Å²) in [5, 5.41) is 1.61. The largest absolute Gasteiger partial charge is 0.351 e. The predicted octanol–water partition coefficient (Wildman–Crippen LogP) is 3.96. The van der Waals surface area contributed by atoms with Crippen LogP contribution in [0.5, 0.6) is 0 Å². The number of fused-ring (bicyclic) bond motifs is 2. The Kier molecular flexibility index (Phi) is 3.68. The van der Waals surface area contributed by atoms with Gasteiger partial charge in [0.05, 0.1) is 6.04 Å². The van der Waals surface area contributed by atoms with Gasteiger partial charge in [-0.2, -0.15) is 0 Å². The number of aromatic nitrogens is 4. The molecule has 27 heavy (non-hydrogen) atoms. The minimum Gasteiger partial charge on any atom is -0.351 e. The summed E-state index contributed by atoms with van der Waals surface area (Å²) in [6, 6.07) is 11.5. The van der Waals surface area contributed by atoms with Gasteiger partial charge in [0.15, 0.2) is 5.65 Å². The Labute approximate surface area is 160 Å². The zero-order valence-corrected chi connectivity index (χ0v) is 15.6. The minimum atomic E-state index is 0.0138. The molecule has 1 aromatic carbocycles. The third-order valence-corrected chi connectivity index (χ3v) is 5.49. The molecule has 0 aliphatic carbocycles. The zero-order valence-electron chi connectivity index (χ0n) is 14.8. The van der Waals surface area contributed by atoms with Gasteiger partial charge in [-0.3, -0.25) is 4.79 Å². The first-order valence-corrected chi connectivity index (χ1v) is 9.35. The number of carbonyl (C=O) groups excluding carboxylic acids is 1. The number of aromatic amines is 1. The first-order valence-electron chi connectivity index (χ1n) is 8.97. The van der Waals surface area contributed by atoms with Crippen LogP contribution in [0.4, 0.5) is 0 Å². The molecule has 136 valence electrons. The van der Waals surface area contributed by atoms with E-state index in [0.717, 1.165) is 34.3 Å². The summed E-state index contributed by atoms with van der Waals surface area (Å²) in [5.74, 6) is 0.947. The van der Waals surface area contributed by atoms with E-state index >= 15 is 0 Å². The second-order valence-electron chi connectivity index (χ2n) is 6.98. The lowest BCUT2D eigenvalue weighted by atomic mass is 10.2. The van der Waals surface area contributed by atoms with Crippen molar-refractivity contribution in [3.8, 4) is 0 Å². The normalized spacial score (nSPS) is 17.3. The van der Waals surface area contributed by atoms with Crippen LogP contribution in [0.1, 0.15) is 28.8 Å². The van der Waals surface area contributed by atoms with Crippen LogP contribution in [0, 0.1) is 6.92 Å². The van der Waals surface area contributed by atoms with Gasteiger partial charge in [-0.25, -0.2) is 9.97 Å². The molecule has 5 rings (SSSR count). The van der Waals surface area contributed by atoms with E-state index in [1.54, 1.807) is 6.20 Å². The van der Waals surface area contributed by atoms with Crippen molar-refractivity contribution in [3.63, 3.8) is 0 Å². The Balaban J connectivity index is 1.42. The third kappa shape index (κ3) is 2.68. The molecule has 0 spiro atoms. The number of pyridine rings is 1. The summed E-state index contributed by atoms with van der Waals surface area (Å²) < 4.78 is 2.16. The summed E-state index contributed by atoms with van der Waals surface area (Å²) in [7, 11) is 0. The number of nitrogens with zero attached hydrogens (tertiary/aromatic N) is 4. The second-order valence-corrected chi connectivity index (χ2v) is 7.42.